The van der Waals surface area contributed by atoms with Gasteiger partial charge in [0, 0.05) is 23.2 Å². The fourth-order valence-corrected chi connectivity index (χ4v) is 8.78. The van der Waals surface area contributed by atoms with E-state index in [1.54, 1.807) is 0 Å². The van der Waals surface area contributed by atoms with Crippen molar-refractivity contribution < 1.29 is 33.1 Å². The quantitative estimate of drug-likeness (QED) is 0.128. The Kier molecular flexibility index (Phi) is 10.0. The largest absolute Gasteiger partial charge is 2.00 e. The van der Waals surface area contributed by atoms with Crippen LogP contribution in [-0.4, -0.2) is 21.2 Å². The summed E-state index contributed by atoms with van der Waals surface area (Å²) in [4.78, 5) is 20.5. The van der Waals surface area contributed by atoms with Crippen LogP contribution in [0.2, 0.25) is 0 Å². The van der Waals surface area contributed by atoms with Gasteiger partial charge in [0.05, 0.1) is 27.9 Å². The third kappa shape index (κ3) is 8.01. The van der Waals surface area contributed by atoms with E-state index >= 15 is 0 Å². The van der Waals surface area contributed by atoms with E-state index < -0.39 is 18.8 Å². The maximum atomic E-state index is 14.4. The minimum atomic E-state index is -3.68. The van der Waals surface area contributed by atoms with Gasteiger partial charge < -0.3 is 9.97 Å². The molecule has 9 heteroatoms. The molecular weight excluding hydrogens is 717 g/mol. The first kappa shape index (κ1) is 37.8. The molecule has 0 saturated heterocycles. The Hall–Kier alpha value is -3.93. The van der Waals surface area contributed by atoms with Crippen LogP contribution >= 0.6 is 7.60 Å². The van der Waals surface area contributed by atoms with Crippen molar-refractivity contribution >= 4 is 47.1 Å². The standard InChI is InChI=1S/C43H45N4O3P.Zn/c1-27-10-12-28(13-11-27)39-35-21-17-31(45-35)25-38-43(8,9)26-32(46-38)24-30-16-20-34(44-30)40(37-23-22-36(39)47-37)29-14-18-33(19-15-29)51(48,49-41(2,3)4)50-42(5,6)7;/h10-25H,26H2,1-9H3;/q-2;+2. The molecule has 0 N–H and O–H groups in total. The van der Waals surface area contributed by atoms with E-state index in [4.69, 9.17) is 29.0 Å². The Morgan fingerprint density at radius 3 is 1.88 bits per heavy atom. The van der Waals surface area contributed by atoms with Crippen molar-refractivity contribution in [2.45, 2.75) is 85.4 Å². The van der Waals surface area contributed by atoms with Gasteiger partial charge in [-0.2, -0.15) is 0 Å². The average molecular weight is 762 g/mol. The maximum Gasteiger partial charge on any atom is 2.00 e. The van der Waals surface area contributed by atoms with E-state index in [0.29, 0.717) is 5.30 Å². The van der Waals surface area contributed by atoms with Gasteiger partial charge in [0.2, 0.25) is 0 Å². The Morgan fingerprint density at radius 1 is 0.692 bits per heavy atom. The fourth-order valence-electron chi connectivity index (χ4n) is 6.58. The summed E-state index contributed by atoms with van der Waals surface area (Å²) in [6.07, 6.45) is 4.86. The van der Waals surface area contributed by atoms with Crippen molar-refractivity contribution in [2.24, 2.45) is 0 Å². The number of fused-ring (bicyclic) bond motifs is 8. The Bertz CT molecular complexity index is 2360. The van der Waals surface area contributed by atoms with Gasteiger partial charge in [-0.1, -0.05) is 86.1 Å². The minimum Gasteiger partial charge on any atom is -0.657 e. The second-order valence-corrected chi connectivity index (χ2v) is 18.0. The zero-order valence-corrected chi connectivity index (χ0v) is 35.5. The van der Waals surface area contributed by atoms with Gasteiger partial charge in [-0.15, -0.1) is 22.1 Å². The molecule has 7 nitrogen and oxygen atoms in total. The van der Waals surface area contributed by atoms with Gasteiger partial charge in [0.1, 0.15) is 0 Å². The summed E-state index contributed by atoms with van der Waals surface area (Å²) in [5.74, 6) is 0. The predicted octanol–water partition coefficient (Wildman–Crippen LogP) is 10.4. The third-order valence-corrected chi connectivity index (χ3v) is 11.3. The smallest absolute Gasteiger partial charge is 0.657 e. The molecule has 5 heterocycles. The van der Waals surface area contributed by atoms with E-state index in [1.165, 1.54) is 5.56 Å². The molecule has 0 radical (unpaired) electrons. The molecule has 5 aromatic rings. The summed E-state index contributed by atoms with van der Waals surface area (Å²) in [5, 5.41) is 0.490. The van der Waals surface area contributed by atoms with Crippen LogP contribution in [0, 0.1) is 6.92 Å². The number of rotatable bonds is 5. The Balaban J connectivity index is 0.00000464. The van der Waals surface area contributed by atoms with Crippen LogP contribution in [0.25, 0.3) is 56.5 Å². The van der Waals surface area contributed by atoms with Crippen molar-refractivity contribution in [2.75, 3.05) is 0 Å². The molecule has 8 bridgehead atoms. The van der Waals surface area contributed by atoms with Gasteiger partial charge in [-0.3, -0.25) is 18.6 Å². The Morgan fingerprint density at radius 2 is 1.25 bits per heavy atom. The molecule has 3 aromatic heterocycles. The summed E-state index contributed by atoms with van der Waals surface area (Å²) < 4.78 is 26.6. The topological polar surface area (TPSA) is 89.5 Å². The van der Waals surface area contributed by atoms with Crippen LogP contribution in [-0.2, 0) is 44.9 Å². The molecule has 7 rings (SSSR count). The molecule has 0 amide bonds. The van der Waals surface area contributed by atoms with Crippen molar-refractivity contribution in [3.8, 4) is 22.3 Å². The summed E-state index contributed by atoms with van der Waals surface area (Å²) in [6.45, 7) is 17.8. The number of aryl methyl sites for hydroxylation is 1. The van der Waals surface area contributed by atoms with Crippen molar-refractivity contribution in [1.29, 1.82) is 0 Å². The SMILES string of the molecule is Cc1ccc(-c2c3ccc(cc4nc(cc5nc(c(-c6ccc(P(=O)(OC(C)(C)C)OC(C)(C)C)cc6)c6ccc2[n-]6)C=C5)CC4(C)C)[n-]3)cc1.[Zn+2]. The van der Waals surface area contributed by atoms with Crippen LogP contribution in [0.1, 0.15) is 83.7 Å². The fraction of sp³-hybridized carbons (Fsp3) is 0.302. The molecule has 2 aliphatic heterocycles. The van der Waals surface area contributed by atoms with Crippen molar-refractivity contribution in [3.63, 3.8) is 0 Å². The molecule has 262 valence electrons. The number of nitrogens with zero attached hydrogens (tertiary/aromatic N) is 4. The molecule has 52 heavy (non-hydrogen) atoms. The minimum absolute atomic E-state index is 0. The molecule has 2 aromatic carbocycles. The summed E-state index contributed by atoms with van der Waals surface area (Å²) >= 11 is 0. The van der Waals surface area contributed by atoms with Crippen LogP contribution in [0.5, 0.6) is 0 Å². The average Bonchev–Trinajstić information content (AvgIpc) is 3.82. The first-order valence-electron chi connectivity index (χ1n) is 17.5. The molecule has 0 unspecified atom stereocenters. The van der Waals surface area contributed by atoms with E-state index in [-0.39, 0.29) is 24.9 Å². The first-order chi connectivity index (χ1) is 23.9. The zero-order valence-electron chi connectivity index (χ0n) is 31.6. The van der Waals surface area contributed by atoms with Crippen LogP contribution < -0.4 is 15.3 Å². The molecular formula is C43H45N4O3PZn. The molecule has 0 atom stereocenters. The molecule has 2 aliphatic rings. The number of hydrogen-bond donors (Lipinski definition) is 0. The second-order valence-electron chi connectivity index (χ2n) is 16.1. The van der Waals surface area contributed by atoms with Gasteiger partial charge in [-0.05, 0) is 101 Å². The van der Waals surface area contributed by atoms with E-state index in [9.17, 15) is 4.57 Å². The van der Waals surface area contributed by atoms with Crippen molar-refractivity contribution in [1.82, 2.24) is 19.9 Å². The molecule has 0 spiro atoms. The molecule has 0 fully saturated rings. The number of hydrogen-bond acceptors (Lipinski definition) is 5. The Labute approximate surface area is 319 Å². The van der Waals surface area contributed by atoms with Crippen LogP contribution in [0.15, 0.2) is 84.9 Å². The second kappa shape index (κ2) is 13.8. The monoisotopic (exact) mass is 760 g/mol. The van der Waals surface area contributed by atoms with Gasteiger partial charge >= 0.3 is 27.1 Å². The van der Waals surface area contributed by atoms with Gasteiger partial charge in [0.15, 0.2) is 0 Å². The number of benzene rings is 2. The van der Waals surface area contributed by atoms with Crippen molar-refractivity contribution in [3.05, 3.63) is 113 Å². The normalized spacial score (nSPS) is 14.3. The molecule has 0 aliphatic carbocycles. The molecule has 0 saturated carbocycles. The summed E-state index contributed by atoms with van der Waals surface area (Å²) in [6, 6.07) is 28.5. The maximum absolute atomic E-state index is 14.4. The van der Waals surface area contributed by atoms with Gasteiger partial charge in [-0.25, -0.2) is 4.98 Å². The van der Waals surface area contributed by atoms with Crippen LogP contribution in [0.4, 0.5) is 0 Å². The predicted molar refractivity (Wildman–Crippen MR) is 209 cm³/mol. The van der Waals surface area contributed by atoms with E-state index in [2.05, 4.69) is 75.4 Å². The third-order valence-electron chi connectivity index (χ3n) is 8.77. The number of aromatic nitrogens is 4. The van der Waals surface area contributed by atoms with E-state index in [1.807, 2.05) is 84.0 Å². The summed E-state index contributed by atoms with van der Waals surface area (Å²) in [5.41, 5.74) is 10.3. The van der Waals surface area contributed by atoms with Crippen LogP contribution in [0.3, 0.4) is 0 Å². The van der Waals surface area contributed by atoms with Gasteiger partial charge in [0.25, 0.3) is 0 Å². The van der Waals surface area contributed by atoms with E-state index in [0.717, 1.165) is 73.5 Å². The zero-order chi connectivity index (χ0) is 36.3. The first-order valence-corrected chi connectivity index (χ1v) is 19.0. The summed E-state index contributed by atoms with van der Waals surface area (Å²) in [7, 11) is -3.68.